The minimum absolute atomic E-state index is 1.09. The van der Waals surface area contributed by atoms with E-state index in [1.165, 1.54) is 0 Å². The van der Waals surface area contributed by atoms with Gasteiger partial charge in [-0.05, 0) is 33.0 Å². The maximum absolute atomic E-state index is 3.97. The Morgan fingerprint density at radius 2 is 2.00 bits per heavy atom. The molecule has 0 aromatic carbocycles. The average molecular weight is 132 g/mol. The third-order valence-electron chi connectivity index (χ3n) is 0.630. The Morgan fingerprint density at radius 3 is 2.12 bits per heavy atom. The van der Waals surface area contributed by atoms with E-state index < -0.39 is 0 Å². The van der Waals surface area contributed by atoms with Crippen molar-refractivity contribution in [1.82, 2.24) is 4.31 Å². The number of hydrogen-bond acceptors (Lipinski definition) is 3. The van der Waals surface area contributed by atoms with Crippen molar-refractivity contribution in [2.45, 2.75) is 6.92 Å². The molecular formula is C5H12N2S. The largest absolute Gasteiger partial charge is 0.285 e. The molecule has 0 aromatic rings. The Kier molecular flexibility index (Phi) is 3.91. The van der Waals surface area contributed by atoms with Gasteiger partial charge in [-0.15, -0.1) is 0 Å². The van der Waals surface area contributed by atoms with Crippen LogP contribution < -0.4 is 0 Å². The molecule has 8 heavy (non-hydrogen) atoms. The van der Waals surface area contributed by atoms with Crippen molar-refractivity contribution in [3.8, 4) is 0 Å². The second-order valence-electron chi connectivity index (χ2n) is 1.65. The van der Waals surface area contributed by atoms with Crippen LogP contribution in [0.4, 0.5) is 0 Å². The predicted octanol–water partition coefficient (Wildman–Crippen LogP) is 1.24. The molecule has 3 heteroatoms. The lowest BCUT2D eigenvalue weighted by atomic mass is 10.9. The summed E-state index contributed by atoms with van der Waals surface area (Å²) in [4.78, 5) is 3.97. The van der Waals surface area contributed by atoms with E-state index in [-0.39, 0.29) is 0 Å². The Labute approximate surface area is 55.1 Å². The SMILES string of the molecule is CN=C(C)SN(C)C. The van der Waals surface area contributed by atoms with Crippen molar-refractivity contribution in [2.24, 2.45) is 4.99 Å². The Morgan fingerprint density at radius 1 is 1.50 bits per heavy atom. The molecule has 0 unspecified atom stereocenters. The first kappa shape index (κ1) is 7.98. The van der Waals surface area contributed by atoms with Gasteiger partial charge >= 0.3 is 0 Å². The van der Waals surface area contributed by atoms with Gasteiger partial charge in [0.2, 0.25) is 0 Å². The van der Waals surface area contributed by atoms with Gasteiger partial charge in [-0.3, -0.25) is 9.30 Å². The summed E-state index contributed by atoms with van der Waals surface area (Å²) >= 11 is 1.64. The second kappa shape index (κ2) is 3.92. The van der Waals surface area contributed by atoms with Gasteiger partial charge in [-0.2, -0.15) is 0 Å². The van der Waals surface area contributed by atoms with E-state index in [4.69, 9.17) is 0 Å². The maximum Gasteiger partial charge on any atom is 0.0794 e. The first-order valence-electron chi connectivity index (χ1n) is 2.45. The van der Waals surface area contributed by atoms with Gasteiger partial charge in [0.05, 0.1) is 5.04 Å². The van der Waals surface area contributed by atoms with Gasteiger partial charge < -0.3 is 0 Å². The molecule has 0 rings (SSSR count). The van der Waals surface area contributed by atoms with Crippen LogP contribution in [0.25, 0.3) is 0 Å². The van der Waals surface area contributed by atoms with Crippen LogP contribution in [0.2, 0.25) is 0 Å². The highest BCUT2D eigenvalue weighted by molar-refractivity contribution is 8.11. The van der Waals surface area contributed by atoms with E-state index in [2.05, 4.69) is 4.99 Å². The predicted molar refractivity (Wildman–Crippen MR) is 40.3 cm³/mol. The molecule has 0 aliphatic heterocycles. The van der Waals surface area contributed by atoms with Crippen molar-refractivity contribution in [3.63, 3.8) is 0 Å². The van der Waals surface area contributed by atoms with Crippen LogP contribution in [0.1, 0.15) is 6.92 Å². The molecule has 0 saturated carbocycles. The van der Waals surface area contributed by atoms with Crippen LogP contribution in [0.5, 0.6) is 0 Å². The summed E-state index contributed by atoms with van der Waals surface area (Å²) < 4.78 is 2.02. The Balaban J connectivity index is 3.39. The quantitative estimate of drug-likeness (QED) is 0.303. The lowest BCUT2D eigenvalue weighted by molar-refractivity contribution is 0.709. The van der Waals surface area contributed by atoms with Crippen LogP contribution in [-0.4, -0.2) is 30.5 Å². The molecule has 48 valence electrons. The van der Waals surface area contributed by atoms with Crippen LogP contribution >= 0.6 is 11.9 Å². The summed E-state index contributed by atoms with van der Waals surface area (Å²) in [5, 5.41) is 1.09. The number of rotatable bonds is 1. The van der Waals surface area contributed by atoms with Gasteiger partial charge in [0.1, 0.15) is 0 Å². The van der Waals surface area contributed by atoms with Gasteiger partial charge in [-0.1, -0.05) is 0 Å². The third kappa shape index (κ3) is 4.15. The van der Waals surface area contributed by atoms with Crippen LogP contribution in [0, 0.1) is 0 Å². The van der Waals surface area contributed by atoms with E-state index in [0.29, 0.717) is 0 Å². The van der Waals surface area contributed by atoms with Crippen molar-refractivity contribution >= 4 is 17.0 Å². The van der Waals surface area contributed by atoms with E-state index >= 15 is 0 Å². The normalized spacial score (nSPS) is 12.9. The lowest BCUT2D eigenvalue weighted by Gasteiger charge is -2.05. The van der Waals surface area contributed by atoms with E-state index in [9.17, 15) is 0 Å². The molecule has 0 radical (unpaired) electrons. The van der Waals surface area contributed by atoms with Crippen LogP contribution in [0.15, 0.2) is 4.99 Å². The van der Waals surface area contributed by atoms with Crippen LogP contribution in [-0.2, 0) is 0 Å². The summed E-state index contributed by atoms with van der Waals surface area (Å²) in [6, 6.07) is 0. The van der Waals surface area contributed by atoms with E-state index in [0.717, 1.165) is 5.04 Å². The minimum Gasteiger partial charge on any atom is -0.285 e. The zero-order valence-corrected chi connectivity index (χ0v) is 6.62. The minimum atomic E-state index is 1.09. The highest BCUT2D eigenvalue weighted by Crippen LogP contribution is 2.04. The molecule has 0 heterocycles. The molecule has 0 aromatic heterocycles. The zero-order chi connectivity index (χ0) is 6.57. The molecule has 2 nitrogen and oxygen atoms in total. The summed E-state index contributed by atoms with van der Waals surface area (Å²) in [6.07, 6.45) is 0. The first-order valence-corrected chi connectivity index (χ1v) is 3.23. The topological polar surface area (TPSA) is 15.6 Å². The Bertz CT molecular complexity index is 88.4. The van der Waals surface area contributed by atoms with Gasteiger partial charge in [-0.25, -0.2) is 0 Å². The van der Waals surface area contributed by atoms with Gasteiger partial charge in [0, 0.05) is 7.05 Å². The molecule has 0 bridgehead atoms. The summed E-state index contributed by atoms with van der Waals surface area (Å²) in [6.45, 7) is 1.99. The molecular weight excluding hydrogens is 120 g/mol. The standard InChI is InChI=1S/C5H12N2S/c1-5(6-2)8-7(3)4/h1-4H3. The molecule has 0 aliphatic rings. The summed E-state index contributed by atoms with van der Waals surface area (Å²) in [5.74, 6) is 0. The molecule has 0 saturated heterocycles. The van der Waals surface area contributed by atoms with Crippen LogP contribution in [0.3, 0.4) is 0 Å². The highest BCUT2D eigenvalue weighted by atomic mass is 32.2. The van der Waals surface area contributed by atoms with Crippen molar-refractivity contribution in [3.05, 3.63) is 0 Å². The van der Waals surface area contributed by atoms with Gasteiger partial charge in [0.25, 0.3) is 0 Å². The van der Waals surface area contributed by atoms with Crippen molar-refractivity contribution in [1.29, 1.82) is 0 Å². The Hall–Kier alpha value is -0.0200. The van der Waals surface area contributed by atoms with Crippen molar-refractivity contribution in [2.75, 3.05) is 21.1 Å². The first-order chi connectivity index (χ1) is 3.66. The summed E-state index contributed by atoms with van der Waals surface area (Å²) in [7, 11) is 5.80. The molecule has 0 atom stereocenters. The molecule has 0 spiro atoms. The molecule has 0 N–H and O–H groups in total. The second-order valence-corrected chi connectivity index (χ2v) is 3.15. The monoisotopic (exact) mass is 132 g/mol. The molecule has 0 amide bonds. The number of hydrogen-bond donors (Lipinski definition) is 0. The number of aliphatic imine (C=N–C) groups is 1. The smallest absolute Gasteiger partial charge is 0.0794 e. The molecule has 0 fully saturated rings. The molecule has 0 aliphatic carbocycles. The highest BCUT2D eigenvalue weighted by Gasteiger charge is 1.90. The zero-order valence-electron chi connectivity index (χ0n) is 5.80. The number of nitrogens with zero attached hydrogens (tertiary/aromatic N) is 2. The average Bonchev–Trinajstić information content (AvgIpc) is 1.65. The fourth-order valence-electron chi connectivity index (χ4n) is 0.305. The van der Waals surface area contributed by atoms with Gasteiger partial charge in [0.15, 0.2) is 0 Å². The fourth-order valence-corrected chi connectivity index (χ4v) is 0.915. The summed E-state index contributed by atoms with van der Waals surface area (Å²) in [5.41, 5.74) is 0. The lowest BCUT2D eigenvalue weighted by Crippen LogP contribution is -2.02. The van der Waals surface area contributed by atoms with E-state index in [1.54, 1.807) is 19.0 Å². The third-order valence-corrected chi connectivity index (χ3v) is 1.44. The van der Waals surface area contributed by atoms with Crippen molar-refractivity contribution < 1.29 is 0 Å². The fraction of sp³-hybridized carbons (Fsp3) is 0.800. The van der Waals surface area contributed by atoms with E-state index in [1.807, 2.05) is 25.3 Å². The maximum atomic E-state index is 3.97.